The van der Waals surface area contributed by atoms with Crippen LogP contribution in [0.5, 0.6) is 0 Å². The molecule has 0 radical (unpaired) electrons. The zero-order valence-electron chi connectivity index (χ0n) is 12.4. The minimum absolute atomic E-state index is 0.0454. The van der Waals surface area contributed by atoms with E-state index in [-0.39, 0.29) is 23.9 Å². The van der Waals surface area contributed by atoms with Crippen molar-refractivity contribution >= 4 is 0 Å². The fourth-order valence-corrected chi connectivity index (χ4v) is 3.28. The summed E-state index contributed by atoms with van der Waals surface area (Å²) in [4.78, 5) is 0. The van der Waals surface area contributed by atoms with E-state index in [4.69, 9.17) is 9.47 Å². The second kappa shape index (κ2) is 7.39. The maximum atomic E-state index is 10.1. The topological polar surface area (TPSA) is 38.7 Å². The van der Waals surface area contributed by atoms with Gasteiger partial charge in [-0.25, -0.2) is 0 Å². The van der Waals surface area contributed by atoms with E-state index in [9.17, 15) is 5.11 Å². The average molecular weight is 280 g/mol. The van der Waals surface area contributed by atoms with Crippen molar-refractivity contribution in [1.82, 2.24) is 0 Å². The molecule has 2 aliphatic rings. The Kier molecular flexibility index (Phi) is 5.82. The maximum absolute atomic E-state index is 10.1. The van der Waals surface area contributed by atoms with Crippen LogP contribution in [0.25, 0.3) is 0 Å². The SMILES string of the molecule is C=CCCC(O)C[C@@H](C=C)[C@H]1COC2(CCCCC2)O1. The van der Waals surface area contributed by atoms with Crippen molar-refractivity contribution in [2.75, 3.05) is 6.61 Å². The minimum Gasteiger partial charge on any atom is -0.393 e. The fraction of sp³-hybridized carbons (Fsp3) is 0.765. The predicted octanol–water partition coefficient (Wildman–Crippen LogP) is 3.58. The molecular formula is C17H28O3. The van der Waals surface area contributed by atoms with E-state index >= 15 is 0 Å². The Morgan fingerprint density at radius 1 is 1.25 bits per heavy atom. The van der Waals surface area contributed by atoms with E-state index in [1.165, 1.54) is 19.3 Å². The molecule has 114 valence electrons. The van der Waals surface area contributed by atoms with Crippen molar-refractivity contribution in [2.24, 2.45) is 5.92 Å². The van der Waals surface area contributed by atoms with Gasteiger partial charge in [0, 0.05) is 18.8 Å². The van der Waals surface area contributed by atoms with Crippen LogP contribution in [0.3, 0.4) is 0 Å². The van der Waals surface area contributed by atoms with Gasteiger partial charge in [0.2, 0.25) is 0 Å². The molecule has 0 aromatic carbocycles. The molecule has 1 N–H and O–H groups in total. The van der Waals surface area contributed by atoms with Crippen LogP contribution in [0.1, 0.15) is 51.4 Å². The van der Waals surface area contributed by atoms with Crippen LogP contribution in [0.4, 0.5) is 0 Å². The van der Waals surface area contributed by atoms with Crippen molar-refractivity contribution in [3.05, 3.63) is 25.3 Å². The van der Waals surface area contributed by atoms with Gasteiger partial charge in [-0.2, -0.15) is 0 Å². The minimum atomic E-state index is -0.337. The van der Waals surface area contributed by atoms with E-state index in [1.54, 1.807) is 0 Å². The van der Waals surface area contributed by atoms with Crippen molar-refractivity contribution in [3.63, 3.8) is 0 Å². The maximum Gasteiger partial charge on any atom is 0.168 e. The first-order valence-corrected chi connectivity index (χ1v) is 7.92. The summed E-state index contributed by atoms with van der Waals surface area (Å²) in [7, 11) is 0. The third-order valence-corrected chi connectivity index (χ3v) is 4.52. The fourth-order valence-electron chi connectivity index (χ4n) is 3.28. The van der Waals surface area contributed by atoms with Crippen LogP contribution in [0.15, 0.2) is 25.3 Å². The van der Waals surface area contributed by atoms with Gasteiger partial charge in [-0.05, 0) is 32.1 Å². The number of aliphatic hydroxyl groups is 1. The largest absolute Gasteiger partial charge is 0.393 e. The van der Waals surface area contributed by atoms with Crippen molar-refractivity contribution in [3.8, 4) is 0 Å². The Bertz CT molecular complexity index is 320. The molecule has 20 heavy (non-hydrogen) atoms. The highest BCUT2D eigenvalue weighted by Crippen LogP contribution is 2.40. The molecule has 2 rings (SSSR count). The number of ether oxygens (including phenoxy) is 2. The number of hydrogen-bond donors (Lipinski definition) is 1. The first-order valence-electron chi connectivity index (χ1n) is 7.92. The number of hydrogen-bond acceptors (Lipinski definition) is 3. The molecule has 3 nitrogen and oxygen atoms in total. The van der Waals surface area contributed by atoms with Crippen LogP contribution in [-0.4, -0.2) is 29.7 Å². The Morgan fingerprint density at radius 3 is 2.65 bits per heavy atom. The molecular weight excluding hydrogens is 252 g/mol. The zero-order valence-corrected chi connectivity index (χ0v) is 12.4. The molecule has 1 saturated carbocycles. The standard InChI is InChI=1S/C17H28O3/c1-3-5-9-15(18)12-14(4-2)16-13-19-17(20-16)10-7-6-8-11-17/h3-4,14-16,18H,1-2,5-13H2/t14-,15?,16-/m1/s1. The smallest absolute Gasteiger partial charge is 0.168 e. The Morgan fingerprint density at radius 2 is 2.00 bits per heavy atom. The molecule has 1 saturated heterocycles. The lowest BCUT2D eigenvalue weighted by atomic mass is 9.93. The second-order valence-electron chi connectivity index (χ2n) is 6.09. The van der Waals surface area contributed by atoms with Crippen LogP contribution in [0, 0.1) is 5.92 Å². The van der Waals surface area contributed by atoms with Crippen molar-refractivity contribution in [1.29, 1.82) is 0 Å². The molecule has 3 heteroatoms. The molecule has 0 aromatic rings. The van der Waals surface area contributed by atoms with Gasteiger partial charge in [-0.1, -0.05) is 18.6 Å². The van der Waals surface area contributed by atoms with Crippen LogP contribution >= 0.6 is 0 Å². The van der Waals surface area contributed by atoms with Crippen LogP contribution < -0.4 is 0 Å². The zero-order chi connectivity index (χ0) is 14.4. The first-order chi connectivity index (χ1) is 9.69. The lowest BCUT2D eigenvalue weighted by Crippen LogP contribution is -2.34. The van der Waals surface area contributed by atoms with Crippen molar-refractivity contribution in [2.45, 2.75) is 69.4 Å². The third kappa shape index (κ3) is 3.94. The summed E-state index contributed by atoms with van der Waals surface area (Å²) in [6.07, 6.45) is 11.5. The van der Waals surface area contributed by atoms with Gasteiger partial charge >= 0.3 is 0 Å². The summed E-state index contributed by atoms with van der Waals surface area (Å²) in [5, 5.41) is 10.1. The monoisotopic (exact) mass is 280 g/mol. The lowest BCUT2D eigenvalue weighted by molar-refractivity contribution is -0.190. The summed E-state index contributed by atoms with van der Waals surface area (Å²) in [6.45, 7) is 8.23. The van der Waals surface area contributed by atoms with Gasteiger partial charge in [0.1, 0.15) is 0 Å². The van der Waals surface area contributed by atoms with Crippen LogP contribution in [0.2, 0.25) is 0 Å². The molecule has 0 aromatic heterocycles. The third-order valence-electron chi connectivity index (χ3n) is 4.52. The van der Waals surface area contributed by atoms with Gasteiger partial charge in [0.25, 0.3) is 0 Å². The summed E-state index contributed by atoms with van der Waals surface area (Å²) < 4.78 is 12.2. The van der Waals surface area contributed by atoms with E-state index in [1.807, 2.05) is 12.2 Å². The quantitative estimate of drug-likeness (QED) is 0.724. The Labute approximate surface area is 122 Å². The van der Waals surface area contributed by atoms with Gasteiger partial charge in [0.15, 0.2) is 5.79 Å². The molecule has 1 heterocycles. The Hall–Kier alpha value is -0.640. The highest BCUT2D eigenvalue weighted by atomic mass is 16.7. The highest BCUT2D eigenvalue weighted by molar-refractivity contribution is 4.93. The highest BCUT2D eigenvalue weighted by Gasteiger charge is 2.44. The second-order valence-corrected chi connectivity index (χ2v) is 6.09. The van der Waals surface area contributed by atoms with E-state index in [2.05, 4.69) is 13.2 Å². The molecule has 1 aliphatic heterocycles. The molecule has 0 bridgehead atoms. The Balaban J connectivity index is 1.85. The van der Waals surface area contributed by atoms with Gasteiger partial charge < -0.3 is 14.6 Å². The number of rotatable bonds is 7. The normalized spacial score (nSPS) is 28.1. The number of aliphatic hydroxyl groups excluding tert-OH is 1. The van der Waals surface area contributed by atoms with E-state index in [0.717, 1.165) is 25.7 Å². The summed E-state index contributed by atoms with van der Waals surface area (Å²) in [5.41, 5.74) is 0. The van der Waals surface area contributed by atoms with Crippen molar-refractivity contribution < 1.29 is 14.6 Å². The molecule has 2 fully saturated rings. The first kappa shape index (κ1) is 15.7. The predicted molar refractivity (Wildman–Crippen MR) is 80.4 cm³/mol. The molecule has 0 amide bonds. The van der Waals surface area contributed by atoms with E-state index in [0.29, 0.717) is 13.0 Å². The lowest BCUT2D eigenvalue weighted by Gasteiger charge is -2.32. The summed E-state index contributed by atoms with van der Waals surface area (Å²) >= 11 is 0. The van der Waals surface area contributed by atoms with Gasteiger partial charge in [-0.3, -0.25) is 0 Å². The van der Waals surface area contributed by atoms with Gasteiger partial charge in [0.05, 0.1) is 18.8 Å². The summed E-state index contributed by atoms with van der Waals surface area (Å²) in [5.74, 6) is -0.174. The van der Waals surface area contributed by atoms with E-state index < -0.39 is 0 Å². The van der Waals surface area contributed by atoms with Crippen LogP contribution in [-0.2, 0) is 9.47 Å². The van der Waals surface area contributed by atoms with Gasteiger partial charge in [-0.15, -0.1) is 13.2 Å². The molecule has 1 aliphatic carbocycles. The average Bonchev–Trinajstić information content (AvgIpc) is 2.86. The number of allylic oxidation sites excluding steroid dienone is 1. The molecule has 1 unspecified atom stereocenters. The summed E-state index contributed by atoms with van der Waals surface area (Å²) in [6, 6.07) is 0. The molecule has 3 atom stereocenters. The molecule has 1 spiro atoms.